The van der Waals surface area contributed by atoms with Crippen molar-refractivity contribution in [3.63, 3.8) is 0 Å². The van der Waals surface area contributed by atoms with E-state index < -0.39 is 0 Å². The Kier molecular flexibility index (Phi) is 6.21. The third-order valence-corrected chi connectivity index (χ3v) is 4.40. The van der Waals surface area contributed by atoms with Crippen LogP contribution in [0.1, 0.15) is 49.6 Å². The summed E-state index contributed by atoms with van der Waals surface area (Å²) in [5.74, 6) is 0.854. The summed E-state index contributed by atoms with van der Waals surface area (Å²) in [6, 6.07) is 4.23. The second-order valence-corrected chi connectivity index (χ2v) is 6.57. The summed E-state index contributed by atoms with van der Waals surface area (Å²) in [5.41, 5.74) is 3.38. The van der Waals surface area contributed by atoms with Crippen molar-refractivity contribution in [1.29, 1.82) is 5.26 Å². The summed E-state index contributed by atoms with van der Waals surface area (Å²) >= 11 is 0. The molecule has 0 radical (unpaired) electrons. The van der Waals surface area contributed by atoms with Gasteiger partial charge in [-0.05, 0) is 64.6 Å². The number of likely N-dealkylation sites (tertiary alicyclic amines) is 1. The summed E-state index contributed by atoms with van der Waals surface area (Å²) in [6.45, 7) is 10.9. The highest BCUT2D eigenvalue weighted by Crippen LogP contribution is 2.19. The fourth-order valence-corrected chi connectivity index (χ4v) is 3.28. The van der Waals surface area contributed by atoms with Crippen LogP contribution < -0.4 is 5.32 Å². The van der Waals surface area contributed by atoms with Gasteiger partial charge in [-0.2, -0.15) is 5.26 Å². The lowest BCUT2D eigenvalue weighted by atomic mass is 10.0. The van der Waals surface area contributed by atoms with Crippen molar-refractivity contribution in [1.82, 2.24) is 9.88 Å². The predicted molar refractivity (Wildman–Crippen MR) is 91.0 cm³/mol. The number of hydrogen-bond acceptors (Lipinski definition) is 4. The van der Waals surface area contributed by atoms with Crippen LogP contribution in [-0.2, 0) is 0 Å². The van der Waals surface area contributed by atoms with Crippen LogP contribution >= 0.6 is 0 Å². The summed E-state index contributed by atoms with van der Waals surface area (Å²) in [6.07, 6.45) is 5.08. The number of unbranched alkanes of at least 4 members (excludes halogenated alkanes) is 1. The summed E-state index contributed by atoms with van der Waals surface area (Å²) in [4.78, 5) is 6.94. The van der Waals surface area contributed by atoms with Gasteiger partial charge in [-0.15, -0.1) is 0 Å². The van der Waals surface area contributed by atoms with Gasteiger partial charge < -0.3 is 10.2 Å². The lowest BCUT2D eigenvalue weighted by Crippen LogP contribution is -2.35. The third kappa shape index (κ3) is 4.71. The Morgan fingerprint density at radius 2 is 2.23 bits per heavy atom. The Bertz CT molecular complexity index is 533. The van der Waals surface area contributed by atoms with Gasteiger partial charge in [0, 0.05) is 18.8 Å². The molecule has 22 heavy (non-hydrogen) atoms. The number of nitrogens with one attached hydrogen (secondary N) is 1. The number of aryl methyl sites for hydroxylation is 2. The van der Waals surface area contributed by atoms with Gasteiger partial charge in [0.05, 0.1) is 16.9 Å². The third-order valence-electron chi connectivity index (χ3n) is 4.40. The van der Waals surface area contributed by atoms with E-state index in [1.807, 2.05) is 19.9 Å². The Labute approximate surface area is 134 Å². The zero-order chi connectivity index (χ0) is 15.9. The molecule has 0 spiro atoms. The van der Waals surface area contributed by atoms with Gasteiger partial charge in [0.15, 0.2) is 0 Å². The molecule has 4 heteroatoms. The highest BCUT2D eigenvalue weighted by atomic mass is 15.1. The summed E-state index contributed by atoms with van der Waals surface area (Å²) in [7, 11) is 0. The predicted octanol–water partition coefficient (Wildman–Crippen LogP) is 3.49. The fourth-order valence-electron chi connectivity index (χ4n) is 3.28. The molecule has 1 aliphatic heterocycles. The highest BCUT2D eigenvalue weighted by molar-refractivity contribution is 5.59. The molecule has 2 heterocycles. The van der Waals surface area contributed by atoms with Gasteiger partial charge in [0.2, 0.25) is 0 Å². The number of rotatable bonds is 6. The summed E-state index contributed by atoms with van der Waals surface area (Å²) in [5, 5.41) is 12.7. The molecule has 4 nitrogen and oxygen atoms in total. The van der Waals surface area contributed by atoms with Crippen LogP contribution in [-0.4, -0.2) is 36.1 Å². The van der Waals surface area contributed by atoms with Crippen molar-refractivity contribution in [2.45, 2.75) is 46.5 Å². The topological polar surface area (TPSA) is 52.0 Å². The Balaban J connectivity index is 1.74. The molecule has 1 atom stereocenters. The normalized spacial score (nSPS) is 18.9. The van der Waals surface area contributed by atoms with Crippen molar-refractivity contribution < 1.29 is 0 Å². The van der Waals surface area contributed by atoms with Crippen LogP contribution in [0.3, 0.4) is 0 Å². The van der Waals surface area contributed by atoms with E-state index >= 15 is 0 Å². The van der Waals surface area contributed by atoms with Gasteiger partial charge in [0.1, 0.15) is 6.07 Å². The average Bonchev–Trinajstić information content (AvgIpc) is 2.46. The first-order valence-corrected chi connectivity index (χ1v) is 8.44. The van der Waals surface area contributed by atoms with E-state index in [-0.39, 0.29) is 0 Å². The van der Waals surface area contributed by atoms with Gasteiger partial charge in [0.25, 0.3) is 0 Å². The van der Waals surface area contributed by atoms with E-state index in [1.165, 1.54) is 38.9 Å². The Morgan fingerprint density at radius 1 is 1.41 bits per heavy atom. The maximum absolute atomic E-state index is 9.25. The van der Waals surface area contributed by atoms with Crippen LogP contribution in [0.5, 0.6) is 0 Å². The van der Waals surface area contributed by atoms with E-state index in [4.69, 9.17) is 0 Å². The van der Waals surface area contributed by atoms with Crippen LogP contribution in [0.15, 0.2) is 6.07 Å². The van der Waals surface area contributed by atoms with Crippen molar-refractivity contribution in [3.8, 4) is 6.07 Å². The van der Waals surface area contributed by atoms with Crippen LogP contribution in [0.2, 0.25) is 0 Å². The lowest BCUT2D eigenvalue weighted by molar-refractivity contribution is 0.181. The number of hydrogen-bond donors (Lipinski definition) is 1. The highest BCUT2D eigenvalue weighted by Gasteiger charge is 2.15. The van der Waals surface area contributed by atoms with Gasteiger partial charge in [-0.25, -0.2) is 0 Å². The SMILES string of the molecule is Cc1cc(NCCCCN2CCCC(C)C2)c(C#N)c(C)n1. The van der Waals surface area contributed by atoms with Gasteiger partial charge >= 0.3 is 0 Å². The molecule has 1 saturated heterocycles. The molecule has 0 bridgehead atoms. The fraction of sp³-hybridized carbons (Fsp3) is 0.667. The Hall–Kier alpha value is -1.60. The molecule has 1 fully saturated rings. The quantitative estimate of drug-likeness (QED) is 0.817. The van der Waals surface area contributed by atoms with E-state index in [0.29, 0.717) is 5.56 Å². The minimum absolute atomic E-state index is 0.676. The molecular weight excluding hydrogens is 272 g/mol. The van der Waals surface area contributed by atoms with Gasteiger partial charge in [-0.1, -0.05) is 6.92 Å². The molecule has 1 unspecified atom stereocenters. The molecule has 1 aromatic heterocycles. The Morgan fingerprint density at radius 3 is 2.95 bits per heavy atom. The molecule has 1 N–H and O–H groups in total. The molecule has 0 aliphatic carbocycles. The van der Waals surface area contributed by atoms with E-state index in [9.17, 15) is 5.26 Å². The molecule has 0 saturated carbocycles. The maximum Gasteiger partial charge on any atom is 0.103 e. The minimum Gasteiger partial charge on any atom is -0.384 e. The van der Waals surface area contributed by atoms with E-state index in [2.05, 4.69) is 28.2 Å². The zero-order valence-corrected chi connectivity index (χ0v) is 14.2. The first-order chi connectivity index (χ1) is 10.6. The second kappa shape index (κ2) is 8.14. The first-order valence-electron chi connectivity index (χ1n) is 8.44. The molecule has 1 aromatic rings. The zero-order valence-electron chi connectivity index (χ0n) is 14.2. The van der Waals surface area contributed by atoms with Crippen molar-refractivity contribution in [2.24, 2.45) is 5.92 Å². The molecule has 120 valence electrons. The van der Waals surface area contributed by atoms with E-state index in [0.717, 1.165) is 36.0 Å². The van der Waals surface area contributed by atoms with Crippen molar-refractivity contribution in [3.05, 3.63) is 23.0 Å². The maximum atomic E-state index is 9.25. The van der Waals surface area contributed by atoms with E-state index in [1.54, 1.807) is 0 Å². The van der Waals surface area contributed by atoms with Crippen LogP contribution in [0, 0.1) is 31.1 Å². The number of anilines is 1. The number of aromatic nitrogens is 1. The lowest BCUT2D eigenvalue weighted by Gasteiger charge is -2.30. The smallest absolute Gasteiger partial charge is 0.103 e. The molecule has 0 amide bonds. The van der Waals surface area contributed by atoms with Crippen LogP contribution in [0.4, 0.5) is 5.69 Å². The number of nitriles is 1. The first kappa shape index (κ1) is 16.8. The molecule has 2 rings (SSSR count). The average molecular weight is 300 g/mol. The summed E-state index contributed by atoms with van der Waals surface area (Å²) < 4.78 is 0. The minimum atomic E-state index is 0.676. The second-order valence-electron chi connectivity index (χ2n) is 6.57. The number of nitrogens with zero attached hydrogens (tertiary/aromatic N) is 3. The molecular formula is C18H28N4. The largest absolute Gasteiger partial charge is 0.384 e. The van der Waals surface area contributed by atoms with Crippen LogP contribution in [0.25, 0.3) is 0 Å². The molecule has 0 aromatic carbocycles. The number of pyridine rings is 1. The standard InChI is InChI=1S/C18H28N4/c1-14-7-6-10-22(13-14)9-5-4-8-20-18-11-15(2)21-16(3)17(18)12-19/h11,14H,4-10,13H2,1-3H3,(H,20,21). The van der Waals surface area contributed by atoms with Crippen molar-refractivity contribution in [2.75, 3.05) is 31.5 Å². The number of piperidine rings is 1. The molecule has 1 aliphatic rings. The van der Waals surface area contributed by atoms with Gasteiger partial charge in [-0.3, -0.25) is 4.98 Å². The monoisotopic (exact) mass is 300 g/mol. The van der Waals surface area contributed by atoms with Crippen molar-refractivity contribution >= 4 is 5.69 Å².